The van der Waals surface area contributed by atoms with Crippen LogP contribution in [0.15, 0.2) is 55.0 Å². The number of halogens is 1. The van der Waals surface area contributed by atoms with Gasteiger partial charge in [-0.2, -0.15) is 5.10 Å². The molecule has 120 valence electrons. The normalized spacial score (nSPS) is 10.4. The van der Waals surface area contributed by atoms with Crippen molar-refractivity contribution in [2.24, 2.45) is 0 Å². The van der Waals surface area contributed by atoms with Crippen LogP contribution in [-0.4, -0.2) is 25.6 Å². The molecule has 0 radical (unpaired) electrons. The Morgan fingerprint density at radius 1 is 1.25 bits per heavy atom. The summed E-state index contributed by atoms with van der Waals surface area (Å²) < 4.78 is 1.50. The summed E-state index contributed by atoms with van der Waals surface area (Å²) >= 11 is 5.75. The SMILES string of the molecule is O=C(Nc1cccnc1-n1cccn1)c1ccc(Cl)c([N+](=O)[O-])c1. The Balaban J connectivity index is 1.91. The molecular weight excluding hydrogens is 334 g/mol. The van der Waals surface area contributed by atoms with Gasteiger partial charge in [-0.15, -0.1) is 0 Å². The van der Waals surface area contributed by atoms with Crippen molar-refractivity contribution in [1.82, 2.24) is 14.8 Å². The number of rotatable bonds is 4. The van der Waals surface area contributed by atoms with E-state index in [9.17, 15) is 14.9 Å². The van der Waals surface area contributed by atoms with Gasteiger partial charge in [0.25, 0.3) is 11.6 Å². The van der Waals surface area contributed by atoms with E-state index >= 15 is 0 Å². The van der Waals surface area contributed by atoms with Crippen LogP contribution in [0.1, 0.15) is 10.4 Å². The molecule has 0 bridgehead atoms. The van der Waals surface area contributed by atoms with Crippen molar-refractivity contribution in [3.8, 4) is 5.82 Å². The summed E-state index contributed by atoms with van der Waals surface area (Å²) in [7, 11) is 0. The minimum Gasteiger partial charge on any atom is -0.319 e. The number of amides is 1. The van der Waals surface area contributed by atoms with Crippen molar-refractivity contribution in [3.63, 3.8) is 0 Å². The molecule has 0 aliphatic carbocycles. The van der Waals surface area contributed by atoms with Crippen molar-refractivity contribution in [1.29, 1.82) is 0 Å². The number of nitrogens with one attached hydrogen (secondary N) is 1. The minimum absolute atomic E-state index is 0.0323. The Labute approximate surface area is 140 Å². The van der Waals surface area contributed by atoms with Gasteiger partial charge in [0.05, 0.1) is 10.6 Å². The minimum atomic E-state index is -0.641. The van der Waals surface area contributed by atoms with E-state index in [2.05, 4.69) is 15.4 Å². The number of benzene rings is 1. The average Bonchev–Trinajstić information content (AvgIpc) is 3.09. The molecule has 0 saturated carbocycles. The number of nitro benzene ring substituents is 1. The zero-order chi connectivity index (χ0) is 17.1. The molecule has 2 aromatic heterocycles. The molecule has 3 rings (SSSR count). The van der Waals surface area contributed by atoms with Gasteiger partial charge in [-0.1, -0.05) is 11.6 Å². The standard InChI is InChI=1S/C15H10ClN5O3/c16-11-5-4-10(9-13(11)21(23)24)15(22)19-12-3-1-6-17-14(12)20-8-2-7-18-20/h1-9H,(H,19,22). The fraction of sp³-hybridized carbons (Fsp3) is 0. The number of carbonyl (C=O) groups is 1. The molecule has 1 amide bonds. The first-order valence-electron chi connectivity index (χ1n) is 6.76. The Morgan fingerprint density at radius 3 is 2.79 bits per heavy atom. The van der Waals surface area contributed by atoms with Crippen LogP contribution < -0.4 is 5.32 Å². The first-order chi connectivity index (χ1) is 11.6. The van der Waals surface area contributed by atoms with Gasteiger partial charge in [-0.25, -0.2) is 9.67 Å². The molecule has 0 saturated heterocycles. The van der Waals surface area contributed by atoms with Crippen LogP contribution in [0.4, 0.5) is 11.4 Å². The van der Waals surface area contributed by atoms with Crippen molar-refractivity contribution in [3.05, 3.63) is 75.7 Å². The third-order valence-electron chi connectivity index (χ3n) is 3.16. The van der Waals surface area contributed by atoms with Gasteiger partial charge in [0.2, 0.25) is 0 Å². The maximum absolute atomic E-state index is 12.4. The predicted molar refractivity (Wildman–Crippen MR) is 87.4 cm³/mol. The molecule has 0 unspecified atom stereocenters. The molecule has 1 N–H and O–H groups in total. The second kappa shape index (κ2) is 6.47. The summed E-state index contributed by atoms with van der Waals surface area (Å²) in [4.78, 5) is 26.9. The third-order valence-corrected chi connectivity index (χ3v) is 3.48. The number of aromatic nitrogens is 3. The van der Waals surface area contributed by atoms with E-state index in [1.165, 1.54) is 16.8 Å². The second-order valence-electron chi connectivity index (χ2n) is 4.70. The number of hydrogen-bond donors (Lipinski definition) is 1. The van der Waals surface area contributed by atoms with E-state index in [1.807, 2.05) is 0 Å². The first kappa shape index (κ1) is 15.6. The highest BCUT2D eigenvalue weighted by atomic mass is 35.5. The van der Waals surface area contributed by atoms with Gasteiger partial charge in [-0.3, -0.25) is 14.9 Å². The Bertz CT molecular complexity index is 911. The summed E-state index contributed by atoms with van der Waals surface area (Å²) in [5, 5.41) is 17.6. The molecule has 1 aromatic carbocycles. The van der Waals surface area contributed by atoms with E-state index in [0.717, 1.165) is 6.07 Å². The van der Waals surface area contributed by atoms with Gasteiger partial charge in [0.1, 0.15) is 5.02 Å². The van der Waals surface area contributed by atoms with E-state index in [0.29, 0.717) is 11.5 Å². The van der Waals surface area contributed by atoms with Crippen LogP contribution in [0.3, 0.4) is 0 Å². The van der Waals surface area contributed by atoms with Gasteiger partial charge >= 0.3 is 0 Å². The molecular formula is C15H10ClN5O3. The number of nitrogens with zero attached hydrogens (tertiary/aromatic N) is 4. The Kier molecular flexibility index (Phi) is 4.21. The van der Waals surface area contributed by atoms with Gasteiger partial charge < -0.3 is 5.32 Å². The molecule has 8 nitrogen and oxygen atoms in total. The molecule has 2 heterocycles. The summed E-state index contributed by atoms with van der Waals surface area (Å²) in [6.45, 7) is 0. The highest BCUT2D eigenvalue weighted by Crippen LogP contribution is 2.26. The molecule has 0 aliphatic rings. The van der Waals surface area contributed by atoms with Gasteiger partial charge in [-0.05, 0) is 30.3 Å². The van der Waals surface area contributed by atoms with Gasteiger partial charge in [0, 0.05) is 30.2 Å². The average molecular weight is 344 g/mol. The largest absolute Gasteiger partial charge is 0.319 e. The molecule has 0 spiro atoms. The fourth-order valence-corrected chi connectivity index (χ4v) is 2.25. The van der Waals surface area contributed by atoms with Crippen molar-refractivity contribution >= 4 is 28.9 Å². The second-order valence-corrected chi connectivity index (χ2v) is 5.11. The fourth-order valence-electron chi connectivity index (χ4n) is 2.06. The summed E-state index contributed by atoms with van der Waals surface area (Å²) in [5.41, 5.74) is 0.202. The maximum atomic E-state index is 12.4. The maximum Gasteiger partial charge on any atom is 0.288 e. The van der Waals surface area contributed by atoms with E-state index in [1.54, 1.807) is 36.8 Å². The predicted octanol–water partition coefficient (Wildman–Crippen LogP) is 3.08. The number of anilines is 1. The zero-order valence-electron chi connectivity index (χ0n) is 12.1. The highest BCUT2D eigenvalue weighted by molar-refractivity contribution is 6.32. The topological polar surface area (TPSA) is 103 Å². The van der Waals surface area contributed by atoms with E-state index in [4.69, 9.17) is 11.6 Å². The van der Waals surface area contributed by atoms with E-state index in [-0.39, 0.29) is 16.3 Å². The Hall–Kier alpha value is -3.26. The molecule has 3 aromatic rings. The highest BCUT2D eigenvalue weighted by Gasteiger charge is 2.17. The van der Waals surface area contributed by atoms with Crippen molar-refractivity contribution in [2.45, 2.75) is 0 Å². The monoisotopic (exact) mass is 343 g/mol. The number of pyridine rings is 1. The van der Waals surface area contributed by atoms with Crippen LogP contribution in [0.2, 0.25) is 5.02 Å². The summed E-state index contributed by atoms with van der Waals surface area (Å²) in [5.74, 6) is -0.0875. The number of hydrogen-bond acceptors (Lipinski definition) is 5. The first-order valence-corrected chi connectivity index (χ1v) is 7.14. The van der Waals surface area contributed by atoms with Crippen molar-refractivity contribution < 1.29 is 9.72 Å². The van der Waals surface area contributed by atoms with Crippen LogP contribution in [-0.2, 0) is 0 Å². The van der Waals surface area contributed by atoms with E-state index < -0.39 is 10.8 Å². The van der Waals surface area contributed by atoms with Crippen LogP contribution in [0, 0.1) is 10.1 Å². The van der Waals surface area contributed by atoms with Crippen LogP contribution in [0.5, 0.6) is 0 Å². The summed E-state index contributed by atoms with van der Waals surface area (Å²) in [6, 6.07) is 8.89. The molecule has 24 heavy (non-hydrogen) atoms. The lowest BCUT2D eigenvalue weighted by Crippen LogP contribution is -2.15. The smallest absolute Gasteiger partial charge is 0.288 e. The summed E-state index contributed by atoms with van der Waals surface area (Å²) in [6.07, 6.45) is 4.84. The van der Waals surface area contributed by atoms with Crippen molar-refractivity contribution in [2.75, 3.05) is 5.32 Å². The van der Waals surface area contributed by atoms with Crippen LogP contribution >= 0.6 is 11.6 Å². The lowest BCUT2D eigenvalue weighted by molar-refractivity contribution is -0.384. The molecule has 0 aliphatic heterocycles. The number of nitro groups is 1. The third kappa shape index (κ3) is 3.08. The lowest BCUT2D eigenvalue weighted by atomic mass is 10.2. The zero-order valence-corrected chi connectivity index (χ0v) is 12.8. The molecule has 9 heteroatoms. The van der Waals surface area contributed by atoms with Crippen LogP contribution in [0.25, 0.3) is 5.82 Å². The van der Waals surface area contributed by atoms with Gasteiger partial charge in [0.15, 0.2) is 5.82 Å². The number of carbonyl (C=O) groups excluding carboxylic acids is 1. The lowest BCUT2D eigenvalue weighted by Gasteiger charge is -2.10. The quantitative estimate of drug-likeness (QED) is 0.579. The molecule has 0 fully saturated rings. The molecule has 0 atom stereocenters. The Morgan fingerprint density at radius 2 is 2.08 bits per heavy atom.